The molecule has 0 amide bonds. The van der Waals surface area contributed by atoms with Crippen LogP contribution in [0.1, 0.15) is 6.92 Å². The molecule has 0 unspecified atom stereocenters. The Kier molecular flexibility index (Phi) is 4.62. The molecule has 1 heterocycles. The Morgan fingerprint density at radius 3 is 2.29 bits per heavy atom. The molecule has 84 valence electrons. The minimum absolute atomic E-state index is 0.369. The van der Waals surface area contributed by atoms with Gasteiger partial charge >= 0.3 is 0 Å². The van der Waals surface area contributed by atoms with Gasteiger partial charge in [0.2, 0.25) is 0 Å². The predicted molar refractivity (Wildman–Crippen MR) is 51.9 cm³/mol. The summed E-state index contributed by atoms with van der Waals surface area (Å²) >= 11 is 1.33. The zero-order valence-electron chi connectivity index (χ0n) is 7.91. The fraction of sp³-hybridized carbons (Fsp3) is 1.00. The quantitative estimate of drug-likeness (QED) is 0.468. The number of hydrogen-bond donors (Lipinski definition) is 4. The van der Waals surface area contributed by atoms with E-state index < -0.39 is 29.9 Å². The van der Waals surface area contributed by atoms with Crippen molar-refractivity contribution in [3.8, 4) is 0 Å². The minimum Gasteiger partial charge on any atom is -0.394 e. The van der Waals surface area contributed by atoms with Crippen LogP contribution in [0.25, 0.3) is 0 Å². The maximum absolute atomic E-state index is 9.51. The Balaban J connectivity index is 2.63. The second kappa shape index (κ2) is 5.29. The van der Waals surface area contributed by atoms with Crippen LogP contribution in [0.5, 0.6) is 0 Å². The van der Waals surface area contributed by atoms with Crippen LogP contribution in [0.4, 0.5) is 0 Å². The Morgan fingerprint density at radius 1 is 1.14 bits per heavy atom. The minimum atomic E-state index is -1.26. The summed E-state index contributed by atoms with van der Waals surface area (Å²) in [6.07, 6.45) is -4.43. The monoisotopic (exact) mass is 224 g/mol. The summed E-state index contributed by atoms with van der Waals surface area (Å²) in [4.78, 5) is 0. The van der Waals surface area contributed by atoms with Crippen LogP contribution in [-0.2, 0) is 4.74 Å². The average molecular weight is 224 g/mol. The van der Waals surface area contributed by atoms with Gasteiger partial charge in [0, 0.05) is 0 Å². The molecule has 6 heteroatoms. The molecule has 14 heavy (non-hydrogen) atoms. The van der Waals surface area contributed by atoms with Gasteiger partial charge in [-0.05, 0) is 5.75 Å². The van der Waals surface area contributed by atoms with E-state index in [0.717, 1.165) is 5.75 Å². The van der Waals surface area contributed by atoms with Gasteiger partial charge in [0.15, 0.2) is 0 Å². The van der Waals surface area contributed by atoms with E-state index in [2.05, 4.69) is 0 Å². The first-order chi connectivity index (χ1) is 6.61. The summed E-state index contributed by atoms with van der Waals surface area (Å²) in [6.45, 7) is 1.53. The first-order valence-corrected chi connectivity index (χ1v) is 5.58. The molecule has 0 radical (unpaired) electrons. The highest BCUT2D eigenvalue weighted by atomic mass is 32.2. The van der Waals surface area contributed by atoms with Crippen LogP contribution in [0, 0.1) is 0 Å². The van der Waals surface area contributed by atoms with E-state index in [9.17, 15) is 15.3 Å². The largest absolute Gasteiger partial charge is 0.394 e. The molecule has 1 aliphatic rings. The van der Waals surface area contributed by atoms with E-state index in [1.807, 2.05) is 6.92 Å². The van der Waals surface area contributed by atoms with Gasteiger partial charge in [-0.3, -0.25) is 0 Å². The van der Waals surface area contributed by atoms with E-state index in [1.54, 1.807) is 0 Å². The third-order valence-electron chi connectivity index (χ3n) is 2.18. The van der Waals surface area contributed by atoms with Crippen molar-refractivity contribution in [2.45, 2.75) is 36.8 Å². The number of aliphatic hydroxyl groups excluding tert-OH is 4. The fourth-order valence-corrected chi connectivity index (χ4v) is 2.28. The summed E-state index contributed by atoms with van der Waals surface area (Å²) in [5, 5.41) is 37.2. The SMILES string of the molecule is CCS[C@H]1O[C@H](CO)[C@H](O)[C@H](O)[C@H]1O. The summed E-state index contributed by atoms with van der Waals surface area (Å²) in [5.74, 6) is 0.725. The third kappa shape index (κ3) is 2.39. The first kappa shape index (κ1) is 12.2. The number of hydrogen-bond acceptors (Lipinski definition) is 6. The number of aliphatic hydroxyl groups is 4. The highest BCUT2D eigenvalue weighted by Gasteiger charge is 2.43. The Hall–Kier alpha value is 0.150. The lowest BCUT2D eigenvalue weighted by molar-refractivity contribution is -0.205. The molecule has 0 spiro atoms. The van der Waals surface area contributed by atoms with Crippen molar-refractivity contribution in [1.82, 2.24) is 0 Å². The van der Waals surface area contributed by atoms with Crippen molar-refractivity contribution >= 4 is 11.8 Å². The molecule has 5 nitrogen and oxygen atoms in total. The summed E-state index contributed by atoms with van der Waals surface area (Å²) in [5.41, 5.74) is -0.587. The average Bonchev–Trinajstić information content (AvgIpc) is 2.19. The summed E-state index contributed by atoms with van der Waals surface area (Å²) in [7, 11) is 0. The van der Waals surface area contributed by atoms with E-state index in [-0.39, 0.29) is 6.61 Å². The van der Waals surface area contributed by atoms with Gasteiger partial charge in [-0.15, -0.1) is 11.8 Å². The van der Waals surface area contributed by atoms with Crippen molar-refractivity contribution in [1.29, 1.82) is 0 Å². The molecule has 5 atom stereocenters. The molecule has 0 aromatic rings. The van der Waals surface area contributed by atoms with Gasteiger partial charge in [-0.2, -0.15) is 0 Å². The zero-order valence-corrected chi connectivity index (χ0v) is 8.72. The zero-order chi connectivity index (χ0) is 10.7. The van der Waals surface area contributed by atoms with Gasteiger partial charge < -0.3 is 25.2 Å². The number of ether oxygens (including phenoxy) is 1. The lowest BCUT2D eigenvalue weighted by Gasteiger charge is -2.39. The lowest BCUT2D eigenvalue weighted by atomic mass is 10.0. The first-order valence-electron chi connectivity index (χ1n) is 4.54. The standard InChI is InChI=1S/C8H16O5S/c1-2-14-8-7(12)6(11)5(10)4(3-9)13-8/h4-12H,2-3H2,1H3/t4-,5+,6+,7-,8-/m1/s1. The molecule has 0 aromatic heterocycles. The highest BCUT2D eigenvalue weighted by Crippen LogP contribution is 2.27. The molecule has 0 bridgehead atoms. The molecule has 0 aliphatic carbocycles. The van der Waals surface area contributed by atoms with E-state index in [1.165, 1.54) is 11.8 Å². The molecule has 0 aromatic carbocycles. The van der Waals surface area contributed by atoms with E-state index in [0.29, 0.717) is 0 Å². The molecule has 1 aliphatic heterocycles. The molecular weight excluding hydrogens is 208 g/mol. The molecule has 0 saturated carbocycles. The van der Waals surface area contributed by atoms with E-state index >= 15 is 0 Å². The maximum Gasteiger partial charge on any atom is 0.132 e. The lowest BCUT2D eigenvalue weighted by Crippen LogP contribution is -2.57. The van der Waals surface area contributed by atoms with Gasteiger partial charge in [0.1, 0.15) is 29.9 Å². The maximum atomic E-state index is 9.51. The van der Waals surface area contributed by atoms with Crippen LogP contribution < -0.4 is 0 Å². The second-order valence-corrected chi connectivity index (χ2v) is 4.53. The second-order valence-electron chi connectivity index (χ2n) is 3.15. The van der Waals surface area contributed by atoms with Crippen molar-refractivity contribution in [2.75, 3.05) is 12.4 Å². The smallest absolute Gasteiger partial charge is 0.132 e. The molecule has 1 fully saturated rings. The van der Waals surface area contributed by atoms with Crippen LogP contribution in [0.2, 0.25) is 0 Å². The molecule has 4 N–H and O–H groups in total. The van der Waals surface area contributed by atoms with E-state index in [4.69, 9.17) is 9.84 Å². The van der Waals surface area contributed by atoms with Gasteiger partial charge in [-0.25, -0.2) is 0 Å². The normalized spacial score (nSPS) is 43.9. The summed E-state index contributed by atoms with van der Waals surface area (Å²) < 4.78 is 5.22. The Morgan fingerprint density at radius 2 is 1.79 bits per heavy atom. The van der Waals surface area contributed by atoms with Crippen molar-refractivity contribution in [2.24, 2.45) is 0 Å². The Bertz CT molecular complexity index is 175. The van der Waals surface area contributed by atoms with Crippen molar-refractivity contribution < 1.29 is 25.2 Å². The van der Waals surface area contributed by atoms with Crippen LogP contribution in [0.15, 0.2) is 0 Å². The third-order valence-corrected chi connectivity index (χ3v) is 3.23. The van der Waals surface area contributed by atoms with Crippen LogP contribution in [0.3, 0.4) is 0 Å². The molecule has 1 rings (SSSR count). The van der Waals surface area contributed by atoms with Gasteiger partial charge in [0.05, 0.1) is 6.61 Å². The van der Waals surface area contributed by atoms with Gasteiger partial charge in [-0.1, -0.05) is 6.92 Å². The topological polar surface area (TPSA) is 90.2 Å². The fourth-order valence-electron chi connectivity index (χ4n) is 1.37. The van der Waals surface area contributed by atoms with Crippen LogP contribution >= 0.6 is 11.8 Å². The predicted octanol–water partition coefficient (Wildman–Crippen LogP) is -1.46. The molecule has 1 saturated heterocycles. The van der Waals surface area contributed by atoms with Crippen molar-refractivity contribution in [3.63, 3.8) is 0 Å². The molecular formula is C8H16O5S. The number of rotatable bonds is 3. The van der Waals surface area contributed by atoms with Gasteiger partial charge in [0.25, 0.3) is 0 Å². The Labute approximate surface area is 86.7 Å². The van der Waals surface area contributed by atoms with Crippen LogP contribution in [-0.4, -0.2) is 62.6 Å². The highest BCUT2D eigenvalue weighted by molar-refractivity contribution is 7.99. The number of thioether (sulfide) groups is 1. The summed E-state index contributed by atoms with van der Waals surface area (Å²) in [6, 6.07) is 0. The van der Waals surface area contributed by atoms with Crippen molar-refractivity contribution in [3.05, 3.63) is 0 Å².